The first kappa shape index (κ1) is 15.6. The summed E-state index contributed by atoms with van der Waals surface area (Å²) in [5.74, 6) is 0.0764. The Morgan fingerprint density at radius 1 is 1.33 bits per heavy atom. The maximum Gasteiger partial charge on any atom is 0.240 e. The van der Waals surface area contributed by atoms with Gasteiger partial charge in [-0.1, -0.05) is 25.5 Å². The number of nitrogens with zero attached hydrogens (tertiary/aromatic N) is 1. The van der Waals surface area contributed by atoms with E-state index in [1.165, 1.54) is 10.9 Å². The zero-order chi connectivity index (χ0) is 15.2. The Hall–Kier alpha value is -1.81. The first-order valence-electron chi connectivity index (χ1n) is 7.66. The van der Waals surface area contributed by atoms with Crippen molar-refractivity contribution in [3.05, 3.63) is 36.0 Å². The van der Waals surface area contributed by atoms with Gasteiger partial charge in [-0.2, -0.15) is 0 Å². The molecule has 0 radical (unpaired) electrons. The highest BCUT2D eigenvalue weighted by Gasteiger charge is 2.10. The van der Waals surface area contributed by atoms with E-state index in [0.717, 1.165) is 24.9 Å². The highest BCUT2D eigenvalue weighted by molar-refractivity contribution is 5.86. The van der Waals surface area contributed by atoms with Crippen LogP contribution in [0.3, 0.4) is 0 Å². The maximum absolute atomic E-state index is 12.1. The second kappa shape index (κ2) is 7.27. The molecule has 0 saturated heterocycles. The first-order chi connectivity index (χ1) is 10.2. The Balaban J connectivity index is 2.12. The van der Waals surface area contributed by atoms with Crippen molar-refractivity contribution >= 4 is 16.8 Å². The molecular weight excluding hydrogens is 262 g/mol. The Kier molecular flexibility index (Phi) is 5.39. The van der Waals surface area contributed by atoms with E-state index in [4.69, 9.17) is 0 Å². The average Bonchev–Trinajstić information content (AvgIpc) is 2.83. The lowest BCUT2D eigenvalue weighted by atomic mass is 10.1. The molecule has 4 heteroatoms. The summed E-state index contributed by atoms with van der Waals surface area (Å²) in [5.41, 5.74) is 2.37. The molecule has 114 valence electrons. The van der Waals surface area contributed by atoms with Crippen molar-refractivity contribution in [3.8, 4) is 0 Å². The van der Waals surface area contributed by atoms with Crippen molar-refractivity contribution < 1.29 is 4.79 Å². The van der Waals surface area contributed by atoms with Gasteiger partial charge in [0.05, 0.1) is 0 Å². The molecule has 0 aliphatic carbocycles. The zero-order valence-electron chi connectivity index (χ0n) is 13.1. The standard InChI is InChI=1S/C17H25N3O/c1-4-6-13(2)19-17(21)12-20-10-9-15-14(11-18-3)7-5-8-16(15)20/h5,7-10,13,18H,4,6,11-12H2,1-3H3,(H,19,21). The van der Waals surface area contributed by atoms with E-state index in [0.29, 0.717) is 6.54 Å². The largest absolute Gasteiger partial charge is 0.352 e. The molecule has 0 aliphatic heterocycles. The molecule has 0 spiro atoms. The fourth-order valence-corrected chi connectivity index (χ4v) is 2.75. The number of hydrogen-bond acceptors (Lipinski definition) is 2. The van der Waals surface area contributed by atoms with E-state index >= 15 is 0 Å². The van der Waals surface area contributed by atoms with E-state index in [1.54, 1.807) is 0 Å². The lowest BCUT2D eigenvalue weighted by Crippen LogP contribution is -2.34. The van der Waals surface area contributed by atoms with Gasteiger partial charge in [-0.25, -0.2) is 0 Å². The number of amides is 1. The van der Waals surface area contributed by atoms with Crippen LogP contribution in [0.2, 0.25) is 0 Å². The van der Waals surface area contributed by atoms with Gasteiger partial charge in [0.15, 0.2) is 0 Å². The number of carbonyl (C=O) groups is 1. The number of hydrogen-bond donors (Lipinski definition) is 2. The summed E-state index contributed by atoms with van der Waals surface area (Å²) in [7, 11) is 1.94. The molecule has 1 heterocycles. The molecular formula is C17H25N3O. The SMILES string of the molecule is CCCC(C)NC(=O)Cn1ccc2c(CNC)cccc21. The number of nitrogens with one attached hydrogen (secondary N) is 2. The zero-order valence-corrected chi connectivity index (χ0v) is 13.1. The Morgan fingerprint density at radius 3 is 2.86 bits per heavy atom. The van der Waals surface area contributed by atoms with E-state index in [-0.39, 0.29) is 11.9 Å². The minimum atomic E-state index is 0.0764. The quantitative estimate of drug-likeness (QED) is 0.822. The predicted octanol–water partition coefficient (Wildman–Crippen LogP) is 2.67. The van der Waals surface area contributed by atoms with Crippen LogP contribution in [-0.4, -0.2) is 23.6 Å². The minimum Gasteiger partial charge on any atom is -0.352 e. The molecule has 1 amide bonds. The van der Waals surface area contributed by atoms with Crippen LogP contribution in [0.4, 0.5) is 0 Å². The molecule has 4 nitrogen and oxygen atoms in total. The lowest BCUT2D eigenvalue weighted by molar-refractivity contribution is -0.122. The van der Waals surface area contributed by atoms with Gasteiger partial charge in [0.2, 0.25) is 5.91 Å². The summed E-state index contributed by atoms with van der Waals surface area (Å²) in [6.45, 7) is 5.40. The van der Waals surface area contributed by atoms with Crippen LogP contribution in [0.5, 0.6) is 0 Å². The van der Waals surface area contributed by atoms with Gasteiger partial charge in [-0.3, -0.25) is 4.79 Å². The summed E-state index contributed by atoms with van der Waals surface area (Å²) in [4.78, 5) is 12.1. The third kappa shape index (κ3) is 3.85. The summed E-state index contributed by atoms with van der Waals surface area (Å²) in [6.07, 6.45) is 4.10. The highest BCUT2D eigenvalue weighted by Crippen LogP contribution is 2.20. The first-order valence-corrected chi connectivity index (χ1v) is 7.66. The number of rotatable bonds is 7. The number of fused-ring (bicyclic) bond motifs is 1. The van der Waals surface area contributed by atoms with Gasteiger partial charge in [0.1, 0.15) is 6.54 Å². The van der Waals surface area contributed by atoms with E-state index in [9.17, 15) is 4.79 Å². The van der Waals surface area contributed by atoms with Crippen LogP contribution in [0.25, 0.3) is 10.9 Å². The fourth-order valence-electron chi connectivity index (χ4n) is 2.75. The Morgan fingerprint density at radius 2 is 2.14 bits per heavy atom. The minimum absolute atomic E-state index is 0.0764. The van der Waals surface area contributed by atoms with Crippen LogP contribution in [0.15, 0.2) is 30.5 Å². The van der Waals surface area contributed by atoms with Gasteiger partial charge in [0, 0.05) is 29.7 Å². The van der Waals surface area contributed by atoms with Crippen LogP contribution < -0.4 is 10.6 Å². The van der Waals surface area contributed by atoms with Crippen molar-refractivity contribution in [2.45, 2.75) is 45.8 Å². The van der Waals surface area contributed by atoms with E-state index in [2.05, 4.69) is 42.7 Å². The Labute approximate surface area is 126 Å². The molecule has 0 fully saturated rings. The topological polar surface area (TPSA) is 46.1 Å². The summed E-state index contributed by atoms with van der Waals surface area (Å²) in [6, 6.07) is 8.56. The maximum atomic E-state index is 12.1. The molecule has 2 N–H and O–H groups in total. The van der Waals surface area contributed by atoms with Crippen LogP contribution in [-0.2, 0) is 17.9 Å². The van der Waals surface area contributed by atoms with Crippen LogP contribution in [0, 0.1) is 0 Å². The van der Waals surface area contributed by atoms with Crippen LogP contribution >= 0.6 is 0 Å². The predicted molar refractivity (Wildman–Crippen MR) is 87.2 cm³/mol. The van der Waals surface area contributed by atoms with E-state index in [1.807, 2.05) is 23.9 Å². The summed E-state index contributed by atoms with van der Waals surface area (Å²) < 4.78 is 2.02. The number of aromatic nitrogens is 1. The summed E-state index contributed by atoms with van der Waals surface area (Å²) in [5, 5.41) is 7.44. The molecule has 21 heavy (non-hydrogen) atoms. The normalized spacial score (nSPS) is 12.5. The van der Waals surface area contributed by atoms with Crippen molar-refractivity contribution in [2.75, 3.05) is 7.05 Å². The molecule has 0 aliphatic rings. The van der Waals surface area contributed by atoms with Gasteiger partial charge in [-0.05, 0) is 38.1 Å². The second-order valence-electron chi connectivity index (χ2n) is 5.58. The van der Waals surface area contributed by atoms with Gasteiger partial charge >= 0.3 is 0 Å². The van der Waals surface area contributed by atoms with Gasteiger partial charge in [-0.15, -0.1) is 0 Å². The smallest absolute Gasteiger partial charge is 0.240 e. The lowest BCUT2D eigenvalue weighted by Gasteiger charge is -2.13. The van der Waals surface area contributed by atoms with Crippen molar-refractivity contribution in [1.29, 1.82) is 0 Å². The van der Waals surface area contributed by atoms with Crippen molar-refractivity contribution in [3.63, 3.8) is 0 Å². The monoisotopic (exact) mass is 287 g/mol. The van der Waals surface area contributed by atoms with Crippen LogP contribution in [0.1, 0.15) is 32.3 Å². The van der Waals surface area contributed by atoms with Crippen molar-refractivity contribution in [2.24, 2.45) is 0 Å². The highest BCUT2D eigenvalue weighted by atomic mass is 16.2. The molecule has 0 bridgehead atoms. The Bertz CT molecular complexity index is 603. The fraction of sp³-hybridized carbons (Fsp3) is 0.471. The van der Waals surface area contributed by atoms with E-state index < -0.39 is 0 Å². The summed E-state index contributed by atoms with van der Waals surface area (Å²) >= 11 is 0. The third-order valence-electron chi connectivity index (χ3n) is 3.71. The number of carbonyl (C=O) groups excluding carboxylic acids is 1. The molecule has 1 aromatic carbocycles. The van der Waals surface area contributed by atoms with Gasteiger partial charge in [0.25, 0.3) is 0 Å². The third-order valence-corrected chi connectivity index (χ3v) is 3.71. The average molecular weight is 287 g/mol. The molecule has 1 atom stereocenters. The molecule has 1 aromatic heterocycles. The number of benzene rings is 1. The molecule has 0 saturated carbocycles. The molecule has 2 rings (SSSR count). The van der Waals surface area contributed by atoms with Gasteiger partial charge < -0.3 is 15.2 Å². The molecule has 1 unspecified atom stereocenters. The van der Waals surface area contributed by atoms with Crippen molar-refractivity contribution in [1.82, 2.24) is 15.2 Å². The second-order valence-corrected chi connectivity index (χ2v) is 5.58. The molecule has 2 aromatic rings.